The van der Waals surface area contributed by atoms with Crippen LogP contribution in [0.4, 0.5) is 4.39 Å². The van der Waals surface area contributed by atoms with Crippen LogP contribution in [0.3, 0.4) is 0 Å². The van der Waals surface area contributed by atoms with Crippen LogP contribution in [-0.2, 0) is 16.6 Å². The minimum Gasteiger partial charge on any atom is -0.492 e. The Bertz CT molecular complexity index is 865. The number of benzene rings is 2. The number of sulfonamides is 1. The lowest BCUT2D eigenvalue weighted by Gasteiger charge is -2.22. The number of ether oxygens (including phenoxy) is 1. The molecule has 0 aliphatic heterocycles. The van der Waals surface area contributed by atoms with E-state index in [1.165, 1.54) is 24.5 Å². The fourth-order valence-electron chi connectivity index (χ4n) is 2.88. The normalized spacial score (nSPS) is 14.7. The number of rotatable bonds is 9. The Labute approximate surface area is 160 Å². The minimum absolute atomic E-state index is 0.179. The van der Waals surface area contributed by atoms with E-state index in [4.69, 9.17) is 4.74 Å². The zero-order chi connectivity index (χ0) is 19.4. The molecule has 27 heavy (non-hydrogen) atoms. The highest BCUT2D eigenvalue weighted by molar-refractivity contribution is 7.89. The van der Waals surface area contributed by atoms with Gasteiger partial charge in [-0.1, -0.05) is 18.2 Å². The van der Waals surface area contributed by atoms with E-state index in [0.717, 1.165) is 12.8 Å². The van der Waals surface area contributed by atoms with Crippen LogP contribution >= 0.6 is 0 Å². The highest BCUT2D eigenvalue weighted by atomic mass is 32.2. The molecule has 1 fully saturated rings. The van der Waals surface area contributed by atoms with Crippen molar-refractivity contribution < 1.29 is 17.5 Å². The molecule has 146 valence electrons. The summed E-state index contributed by atoms with van der Waals surface area (Å²) in [4.78, 5) is 2.47. The summed E-state index contributed by atoms with van der Waals surface area (Å²) in [5.41, 5.74) is 0.697. The first-order valence-corrected chi connectivity index (χ1v) is 10.4. The largest absolute Gasteiger partial charge is 0.492 e. The van der Waals surface area contributed by atoms with Crippen LogP contribution in [0.1, 0.15) is 18.4 Å². The van der Waals surface area contributed by atoms with Gasteiger partial charge in [0.25, 0.3) is 0 Å². The fourth-order valence-corrected chi connectivity index (χ4v) is 3.78. The van der Waals surface area contributed by atoms with E-state index in [-0.39, 0.29) is 10.7 Å². The van der Waals surface area contributed by atoms with Crippen LogP contribution in [0, 0.1) is 5.82 Å². The van der Waals surface area contributed by atoms with Gasteiger partial charge in [0.2, 0.25) is 10.0 Å². The van der Waals surface area contributed by atoms with Crippen molar-refractivity contribution in [3.05, 3.63) is 59.9 Å². The molecule has 0 aromatic heterocycles. The molecule has 0 radical (unpaired) electrons. The van der Waals surface area contributed by atoms with Crippen molar-refractivity contribution in [2.45, 2.75) is 30.3 Å². The quantitative estimate of drug-likeness (QED) is 0.658. The van der Waals surface area contributed by atoms with Crippen LogP contribution < -0.4 is 4.74 Å². The highest BCUT2D eigenvalue weighted by Gasteiger charge is 2.29. The van der Waals surface area contributed by atoms with E-state index in [9.17, 15) is 12.8 Å². The SMILES string of the molecule is CN(C)S(=O)(=O)c1ccc(OCCN(Cc2ccccc2F)C2CC2)cc1. The lowest BCUT2D eigenvalue weighted by molar-refractivity contribution is 0.193. The molecule has 1 aliphatic rings. The number of nitrogens with zero attached hydrogens (tertiary/aromatic N) is 2. The molecule has 0 N–H and O–H groups in total. The average molecular weight is 392 g/mol. The molecular weight excluding hydrogens is 367 g/mol. The molecule has 7 heteroatoms. The molecule has 5 nitrogen and oxygen atoms in total. The second-order valence-corrected chi connectivity index (χ2v) is 9.05. The summed E-state index contributed by atoms with van der Waals surface area (Å²) in [6.45, 7) is 1.72. The second-order valence-electron chi connectivity index (χ2n) is 6.90. The van der Waals surface area contributed by atoms with Gasteiger partial charge in [0.15, 0.2) is 0 Å². The fraction of sp³-hybridized carbons (Fsp3) is 0.400. The summed E-state index contributed by atoms with van der Waals surface area (Å²) in [5, 5.41) is 0. The molecule has 0 amide bonds. The summed E-state index contributed by atoms with van der Waals surface area (Å²) in [6, 6.07) is 13.7. The van der Waals surface area contributed by atoms with E-state index in [1.54, 1.807) is 30.3 Å². The Morgan fingerprint density at radius 3 is 2.33 bits per heavy atom. The van der Waals surface area contributed by atoms with E-state index in [0.29, 0.717) is 37.1 Å². The summed E-state index contributed by atoms with van der Waals surface area (Å²) >= 11 is 0. The Morgan fingerprint density at radius 2 is 1.74 bits per heavy atom. The Kier molecular flexibility index (Phi) is 6.14. The maximum atomic E-state index is 13.9. The maximum Gasteiger partial charge on any atom is 0.242 e. The van der Waals surface area contributed by atoms with Gasteiger partial charge < -0.3 is 4.74 Å². The van der Waals surface area contributed by atoms with Gasteiger partial charge >= 0.3 is 0 Å². The maximum absolute atomic E-state index is 13.9. The Hall–Kier alpha value is -1.96. The number of hydrogen-bond acceptors (Lipinski definition) is 4. The smallest absolute Gasteiger partial charge is 0.242 e. The zero-order valence-corrected chi connectivity index (χ0v) is 16.5. The van der Waals surface area contributed by atoms with Gasteiger partial charge in [-0.25, -0.2) is 17.1 Å². The van der Waals surface area contributed by atoms with E-state index in [2.05, 4.69) is 4.90 Å². The predicted octanol–water partition coefficient (Wildman–Crippen LogP) is 3.12. The van der Waals surface area contributed by atoms with Crippen molar-refractivity contribution in [3.63, 3.8) is 0 Å². The van der Waals surface area contributed by atoms with Crippen molar-refractivity contribution in [1.82, 2.24) is 9.21 Å². The zero-order valence-electron chi connectivity index (χ0n) is 15.6. The molecule has 0 bridgehead atoms. The molecule has 1 saturated carbocycles. The van der Waals surface area contributed by atoms with Crippen molar-refractivity contribution in [1.29, 1.82) is 0 Å². The third-order valence-corrected chi connectivity index (χ3v) is 6.47. The van der Waals surface area contributed by atoms with Gasteiger partial charge in [0.05, 0.1) is 4.90 Å². The van der Waals surface area contributed by atoms with Crippen molar-refractivity contribution in [2.75, 3.05) is 27.2 Å². The summed E-state index contributed by atoms with van der Waals surface area (Å²) in [5.74, 6) is 0.441. The molecule has 0 heterocycles. The van der Waals surface area contributed by atoms with Gasteiger partial charge in [0, 0.05) is 38.8 Å². The molecule has 1 aliphatic carbocycles. The monoisotopic (exact) mass is 392 g/mol. The van der Waals surface area contributed by atoms with E-state index >= 15 is 0 Å². The van der Waals surface area contributed by atoms with Gasteiger partial charge in [-0.15, -0.1) is 0 Å². The van der Waals surface area contributed by atoms with Crippen LogP contribution in [-0.4, -0.2) is 50.9 Å². The molecular formula is C20H25FN2O3S. The Balaban J connectivity index is 1.55. The van der Waals surface area contributed by atoms with Crippen LogP contribution in [0.15, 0.2) is 53.4 Å². The predicted molar refractivity (Wildman–Crippen MR) is 103 cm³/mol. The van der Waals surface area contributed by atoms with E-state index in [1.807, 2.05) is 12.1 Å². The number of halogens is 1. The van der Waals surface area contributed by atoms with Gasteiger partial charge in [-0.2, -0.15) is 0 Å². The van der Waals surface area contributed by atoms with Crippen molar-refractivity contribution >= 4 is 10.0 Å². The highest BCUT2D eigenvalue weighted by Crippen LogP contribution is 2.28. The first-order chi connectivity index (χ1) is 12.9. The van der Waals surface area contributed by atoms with Gasteiger partial charge in [0.1, 0.15) is 18.2 Å². The average Bonchev–Trinajstić information content (AvgIpc) is 3.48. The third-order valence-electron chi connectivity index (χ3n) is 4.64. The first-order valence-electron chi connectivity index (χ1n) is 9.01. The molecule has 0 spiro atoms. The number of hydrogen-bond donors (Lipinski definition) is 0. The van der Waals surface area contributed by atoms with Crippen molar-refractivity contribution in [3.8, 4) is 5.75 Å². The van der Waals surface area contributed by atoms with Crippen LogP contribution in [0.5, 0.6) is 5.75 Å². The molecule has 0 unspecified atom stereocenters. The molecule has 2 aromatic rings. The summed E-state index contributed by atoms with van der Waals surface area (Å²) in [6.07, 6.45) is 2.26. The standard InChI is InChI=1S/C20H25FN2O3S/c1-22(2)27(24,25)19-11-9-18(10-12-19)26-14-13-23(17-7-8-17)15-16-5-3-4-6-20(16)21/h3-6,9-12,17H,7-8,13-15H2,1-2H3. The lowest BCUT2D eigenvalue weighted by atomic mass is 10.2. The van der Waals surface area contributed by atoms with Crippen LogP contribution in [0.2, 0.25) is 0 Å². The van der Waals surface area contributed by atoms with Gasteiger partial charge in [-0.3, -0.25) is 4.90 Å². The summed E-state index contributed by atoms with van der Waals surface area (Å²) < 4.78 is 45.0. The lowest BCUT2D eigenvalue weighted by Crippen LogP contribution is -2.30. The first kappa shape index (κ1) is 19.8. The van der Waals surface area contributed by atoms with Crippen LogP contribution in [0.25, 0.3) is 0 Å². The topological polar surface area (TPSA) is 49.9 Å². The van der Waals surface area contributed by atoms with Gasteiger partial charge in [-0.05, 0) is 43.2 Å². The summed E-state index contributed by atoms with van der Waals surface area (Å²) in [7, 11) is -0.432. The Morgan fingerprint density at radius 1 is 1.07 bits per heavy atom. The van der Waals surface area contributed by atoms with Crippen molar-refractivity contribution in [2.24, 2.45) is 0 Å². The molecule has 0 saturated heterocycles. The minimum atomic E-state index is -3.44. The second kappa shape index (κ2) is 8.37. The molecule has 2 aromatic carbocycles. The molecule has 0 atom stereocenters. The van der Waals surface area contributed by atoms with E-state index < -0.39 is 10.0 Å². The molecule has 3 rings (SSSR count). The third kappa shape index (κ3) is 5.06.